The van der Waals surface area contributed by atoms with Gasteiger partial charge in [-0.3, -0.25) is 4.79 Å². The van der Waals surface area contributed by atoms with E-state index in [1.54, 1.807) is 16.7 Å². The highest BCUT2D eigenvalue weighted by Gasteiger charge is 2.48. The van der Waals surface area contributed by atoms with Gasteiger partial charge < -0.3 is 14.7 Å². The maximum absolute atomic E-state index is 11.8. The molecule has 1 aliphatic rings. The van der Waals surface area contributed by atoms with Gasteiger partial charge in [0.1, 0.15) is 11.8 Å². The zero-order chi connectivity index (χ0) is 14.9. The molecule has 1 aromatic rings. The van der Waals surface area contributed by atoms with Crippen LogP contribution in [0.25, 0.3) is 0 Å². The second-order valence-electron chi connectivity index (χ2n) is 5.40. The van der Waals surface area contributed by atoms with Gasteiger partial charge in [0.15, 0.2) is 0 Å². The molecule has 0 spiro atoms. The molecule has 0 radical (unpaired) electrons. The van der Waals surface area contributed by atoms with Gasteiger partial charge in [0.2, 0.25) is 5.91 Å². The van der Waals surface area contributed by atoms with E-state index < -0.39 is 5.72 Å². The summed E-state index contributed by atoms with van der Waals surface area (Å²) < 4.78 is 6.02. The van der Waals surface area contributed by atoms with Crippen LogP contribution < -0.4 is 0 Å². The van der Waals surface area contributed by atoms with E-state index >= 15 is 0 Å². The number of rotatable bonds is 3. The normalized spacial score (nSPS) is 24.9. The van der Waals surface area contributed by atoms with E-state index in [1.807, 2.05) is 44.4 Å². The van der Waals surface area contributed by atoms with E-state index in [0.717, 1.165) is 5.56 Å². The van der Waals surface area contributed by atoms with Gasteiger partial charge in [-0.2, -0.15) is 0 Å². The van der Waals surface area contributed by atoms with Gasteiger partial charge >= 0.3 is 0 Å². The largest absolute Gasteiger partial charge is 0.394 e. The Balaban J connectivity index is 2.33. The zero-order valence-corrected chi connectivity index (χ0v) is 13.1. The molecule has 0 saturated carbocycles. The lowest BCUT2D eigenvalue weighted by Crippen LogP contribution is -2.48. The summed E-state index contributed by atoms with van der Waals surface area (Å²) in [6.07, 6.45) is 1.73. The minimum atomic E-state index is -0.706. The van der Waals surface area contributed by atoms with Crippen molar-refractivity contribution in [3.8, 4) is 0 Å². The first kappa shape index (κ1) is 15.4. The molecule has 2 atom stereocenters. The van der Waals surface area contributed by atoms with E-state index in [4.69, 9.17) is 4.74 Å². The molecule has 1 N–H and O–H groups in total. The highest BCUT2D eigenvalue weighted by atomic mass is 32.2. The number of hydrogen-bond acceptors (Lipinski definition) is 4. The molecule has 20 heavy (non-hydrogen) atoms. The van der Waals surface area contributed by atoms with Crippen molar-refractivity contribution >= 4 is 17.7 Å². The topological polar surface area (TPSA) is 49.8 Å². The molecule has 1 heterocycles. The maximum Gasteiger partial charge on any atom is 0.222 e. The Labute approximate surface area is 124 Å². The van der Waals surface area contributed by atoms with Crippen LogP contribution in [0, 0.1) is 0 Å². The number of benzene rings is 1. The summed E-state index contributed by atoms with van der Waals surface area (Å²) in [4.78, 5) is 14.6. The first-order valence-electron chi connectivity index (χ1n) is 6.63. The second-order valence-corrected chi connectivity index (χ2v) is 6.28. The number of nitrogens with zero attached hydrogens (tertiary/aromatic N) is 1. The van der Waals surface area contributed by atoms with E-state index in [1.165, 1.54) is 11.8 Å². The summed E-state index contributed by atoms with van der Waals surface area (Å²) in [7, 11) is 0. The number of aliphatic hydroxyl groups excluding tert-OH is 1. The third-order valence-electron chi connectivity index (χ3n) is 3.65. The Morgan fingerprint density at radius 2 is 2.00 bits per heavy atom. The molecule has 1 fully saturated rings. The molecule has 1 amide bonds. The van der Waals surface area contributed by atoms with Gasteiger partial charge in [-0.15, -0.1) is 11.8 Å². The zero-order valence-electron chi connectivity index (χ0n) is 12.3. The van der Waals surface area contributed by atoms with Crippen LogP contribution in [-0.4, -0.2) is 40.5 Å². The summed E-state index contributed by atoms with van der Waals surface area (Å²) in [5.74, 6) is -0.0858. The molecule has 1 aliphatic heterocycles. The van der Waals surface area contributed by atoms with Crippen LogP contribution in [-0.2, 0) is 9.53 Å². The summed E-state index contributed by atoms with van der Waals surface area (Å²) in [5, 5.41) is 9.67. The fourth-order valence-corrected chi connectivity index (χ4v) is 3.26. The third kappa shape index (κ3) is 2.71. The molecule has 5 heteroatoms. The average Bonchev–Trinajstić information content (AvgIpc) is 2.69. The lowest BCUT2D eigenvalue weighted by Gasteiger charge is -2.31. The Morgan fingerprint density at radius 3 is 2.45 bits per heavy atom. The lowest BCUT2D eigenvalue weighted by atomic mass is 10.0. The Kier molecular flexibility index (Phi) is 4.42. The second kappa shape index (κ2) is 5.76. The number of ether oxygens (including phenoxy) is 1. The van der Waals surface area contributed by atoms with Crippen molar-refractivity contribution in [2.45, 2.75) is 43.5 Å². The van der Waals surface area contributed by atoms with Crippen molar-refractivity contribution in [1.29, 1.82) is 0 Å². The monoisotopic (exact) mass is 295 g/mol. The smallest absolute Gasteiger partial charge is 0.222 e. The van der Waals surface area contributed by atoms with E-state index in [9.17, 15) is 9.90 Å². The molecule has 1 aromatic carbocycles. The van der Waals surface area contributed by atoms with Crippen molar-refractivity contribution in [2.75, 3.05) is 12.9 Å². The van der Waals surface area contributed by atoms with Crippen LogP contribution >= 0.6 is 11.8 Å². The summed E-state index contributed by atoms with van der Waals surface area (Å²) in [6, 6.07) is 7.71. The van der Waals surface area contributed by atoms with Crippen LogP contribution in [0.1, 0.15) is 32.4 Å². The molecule has 110 valence electrons. The maximum atomic E-state index is 11.8. The van der Waals surface area contributed by atoms with Gasteiger partial charge in [0, 0.05) is 11.8 Å². The van der Waals surface area contributed by atoms with Gasteiger partial charge in [0.25, 0.3) is 0 Å². The van der Waals surface area contributed by atoms with Crippen LogP contribution in [0.3, 0.4) is 0 Å². The van der Waals surface area contributed by atoms with Crippen LogP contribution in [0.4, 0.5) is 0 Å². The standard InChI is InChI=1S/C15H21NO3S/c1-10(18)16-13(9-17)14(19-15(16,2)3)11-5-7-12(20-4)8-6-11/h5-8,13-14,17H,9H2,1-4H3/t13-,14-/m0/s1. The number of thioether (sulfide) groups is 1. The van der Waals surface area contributed by atoms with Crippen LogP contribution in [0.5, 0.6) is 0 Å². The molecule has 2 rings (SSSR count). The van der Waals surface area contributed by atoms with Crippen molar-refractivity contribution in [3.05, 3.63) is 29.8 Å². The fourth-order valence-electron chi connectivity index (χ4n) is 2.85. The molecule has 0 aliphatic carbocycles. The molecule has 0 bridgehead atoms. The van der Waals surface area contributed by atoms with Crippen LogP contribution in [0.15, 0.2) is 29.2 Å². The Hall–Kier alpha value is -1.04. The quantitative estimate of drug-likeness (QED) is 0.870. The van der Waals surface area contributed by atoms with Gasteiger partial charge in [-0.05, 0) is 37.8 Å². The average molecular weight is 295 g/mol. The van der Waals surface area contributed by atoms with Crippen molar-refractivity contribution in [2.24, 2.45) is 0 Å². The highest BCUT2D eigenvalue weighted by Crippen LogP contribution is 2.41. The summed E-state index contributed by atoms with van der Waals surface area (Å²) in [5.41, 5.74) is 0.279. The van der Waals surface area contributed by atoms with E-state index in [-0.39, 0.29) is 24.7 Å². The molecule has 0 unspecified atom stereocenters. The molecule has 1 saturated heterocycles. The number of hydrogen-bond donors (Lipinski definition) is 1. The summed E-state index contributed by atoms with van der Waals surface area (Å²) in [6.45, 7) is 5.10. The third-order valence-corrected chi connectivity index (χ3v) is 4.39. The number of amides is 1. The summed E-state index contributed by atoms with van der Waals surface area (Å²) >= 11 is 1.68. The van der Waals surface area contributed by atoms with Gasteiger partial charge in [-0.25, -0.2) is 0 Å². The van der Waals surface area contributed by atoms with Crippen molar-refractivity contribution in [3.63, 3.8) is 0 Å². The molecular weight excluding hydrogens is 274 g/mol. The molecule has 0 aromatic heterocycles. The van der Waals surface area contributed by atoms with Crippen molar-refractivity contribution in [1.82, 2.24) is 4.90 Å². The molecular formula is C15H21NO3S. The van der Waals surface area contributed by atoms with Gasteiger partial charge in [-0.1, -0.05) is 12.1 Å². The van der Waals surface area contributed by atoms with Crippen molar-refractivity contribution < 1.29 is 14.6 Å². The number of aliphatic hydroxyl groups is 1. The van der Waals surface area contributed by atoms with E-state index in [2.05, 4.69) is 0 Å². The Bertz CT molecular complexity index is 486. The minimum Gasteiger partial charge on any atom is -0.394 e. The minimum absolute atomic E-state index is 0.0858. The first-order chi connectivity index (χ1) is 9.40. The predicted octanol–water partition coefficient (Wildman–Crippen LogP) is 2.43. The molecule has 4 nitrogen and oxygen atoms in total. The Morgan fingerprint density at radius 1 is 1.40 bits per heavy atom. The van der Waals surface area contributed by atoms with Gasteiger partial charge in [0.05, 0.1) is 12.6 Å². The fraction of sp³-hybridized carbons (Fsp3) is 0.533. The van der Waals surface area contributed by atoms with Crippen LogP contribution in [0.2, 0.25) is 0 Å². The van der Waals surface area contributed by atoms with E-state index in [0.29, 0.717) is 0 Å². The highest BCUT2D eigenvalue weighted by molar-refractivity contribution is 7.98. The lowest BCUT2D eigenvalue weighted by molar-refractivity contribution is -0.145. The predicted molar refractivity (Wildman–Crippen MR) is 79.5 cm³/mol. The SMILES string of the molecule is CSc1ccc([C@@H]2OC(C)(C)N(C(C)=O)[C@H]2CO)cc1. The number of carbonyl (C=O) groups excluding carboxylic acids is 1. The first-order valence-corrected chi connectivity index (χ1v) is 7.85. The number of carbonyl (C=O) groups is 1.